The number of anilines is 1. The van der Waals surface area contributed by atoms with Gasteiger partial charge in [-0.1, -0.05) is 15.9 Å². The summed E-state index contributed by atoms with van der Waals surface area (Å²) in [5.41, 5.74) is 7.52. The zero-order chi connectivity index (χ0) is 15.8. The molecule has 1 aliphatic rings. The summed E-state index contributed by atoms with van der Waals surface area (Å²) in [5, 5.41) is -0.775. The van der Waals surface area contributed by atoms with E-state index in [4.69, 9.17) is 5.73 Å². The van der Waals surface area contributed by atoms with Crippen molar-refractivity contribution in [3.63, 3.8) is 0 Å². The lowest BCUT2D eigenvalue weighted by molar-refractivity contribution is 0.0749. The first-order valence-electron chi connectivity index (χ1n) is 6.35. The highest BCUT2D eigenvalue weighted by molar-refractivity contribution is 9.10. The monoisotopic (exact) mass is 392 g/mol. The molecule has 5 nitrogen and oxygen atoms in total. The Kier molecular flexibility index (Phi) is 4.89. The second kappa shape index (κ2) is 6.18. The summed E-state index contributed by atoms with van der Waals surface area (Å²) in [6.45, 7) is 2.19. The van der Waals surface area contributed by atoms with Gasteiger partial charge in [-0.2, -0.15) is 11.8 Å². The molecule has 1 atom stereocenters. The number of carbonyl (C=O) groups excluding carboxylic acids is 1. The van der Waals surface area contributed by atoms with Crippen LogP contribution in [-0.4, -0.2) is 48.9 Å². The SMILES string of the molecule is Cc1c(N)cc(Br)cc1C(=O)N1CCSCC1S(C)(=O)=O. The number of amides is 1. The molecule has 0 radical (unpaired) electrons. The number of nitrogen functional groups attached to an aromatic ring is 1. The summed E-state index contributed by atoms with van der Waals surface area (Å²) in [6, 6.07) is 3.42. The van der Waals surface area contributed by atoms with Crippen molar-refractivity contribution in [3.8, 4) is 0 Å². The summed E-state index contributed by atoms with van der Waals surface area (Å²) in [7, 11) is -3.32. The van der Waals surface area contributed by atoms with Gasteiger partial charge in [0, 0.05) is 40.0 Å². The lowest BCUT2D eigenvalue weighted by Gasteiger charge is -2.34. The highest BCUT2D eigenvalue weighted by Crippen LogP contribution is 2.27. The molecule has 1 aromatic rings. The molecule has 0 aromatic heterocycles. The Hall–Kier alpha value is -0.730. The maximum atomic E-state index is 12.8. The molecule has 8 heteroatoms. The van der Waals surface area contributed by atoms with E-state index in [0.717, 1.165) is 5.75 Å². The van der Waals surface area contributed by atoms with Crippen LogP contribution in [0.2, 0.25) is 0 Å². The molecule has 1 amide bonds. The smallest absolute Gasteiger partial charge is 0.255 e. The van der Waals surface area contributed by atoms with Crippen LogP contribution in [0.4, 0.5) is 5.69 Å². The molecular formula is C13H17BrN2O3S2. The predicted octanol–water partition coefficient (Wildman–Crippen LogP) is 1.90. The Morgan fingerprint density at radius 3 is 2.76 bits per heavy atom. The third kappa shape index (κ3) is 3.54. The van der Waals surface area contributed by atoms with Crippen molar-refractivity contribution in [3.05, 3.63) is 27.7 Å². The maximum Gasteiger partial charge on any atom is 0.255 e. The molecule has 2 N–H and O–H groups in total. The van der Waals surface area contributed by atoms with Gasteiger partial charge < -0.3 is 10.6 Å². The van der Waals surface area contributed by atoms with E-state index in [1.54, 1.807) is 30.8 Å². The standard InChI is InChI=1S/C13H17BrN2O3S2/c1-8-10(5-9(14)6-11(8)15)13(17)16-3-4-20-7-12(16)21(2,18)19/h5-6,12H,3-4,7,15H2,1-2H3. The molecule has 1 unspecified atom stereocenters. The summed E-state index contributed by atoms with van der Waals surface area (Å²) in [5.74, 6) is 0.865. The zero-order valence-electron chi connectivity index (χ0n) is 11.8. The van der Waals surface area contributed by atoms with Gasteiger partial charge in [-0.15, -0.1) is 0 Å². The summed E-state index contributed by atoms with van der Waals surface area (Å²) in [4.78, 5) is 14.2. The number of sulfone groups is 1. The molecule has 0 spiro atoms. The van der Waals surface area contributed by atoms with E-state index in [9.17, 15) is 13.2 Å². The Labute approximate surface area is 137 Å². The second-order valence-electron chi connectivity index (χ2n) is 5.03. The van der Waals surface area contributed by atoms with Gasteiger partial charge in [-0.3, -0.25) is 4.79 Å². The molecule has 2 rings (SSSR count). The fraction of sp³-hybridized carbons (Fsp3) is 0.462. The minimum atomic E-state index is -3.32. The third-order valence-electron chi connectivity index (χ3n) is 3.48. The largest absolute Gasteiger partial charge is 0.398 e. The van der Waals surface area contributed by atoms with Crippen LogP contribution >= 0.6 is 27.7 Å². The Balaban J connectivity index is 2.43. The quantitative estimate of drug-likeness (QED) is 0.777. The van der Waals surface area contributed by atoms with Crippen LogP contribution in [-0.2, 0) is 9.84 Å². The van der Waals surface area contributed by atoms with Crippen LogP contribution < -0.4 is 5.73 Å². The van der Waals surface area contributed by atoms with E-state index in [-0.39, 0.29) is 5.91 Å². The van der Waals surface area contributed by atoms with Crippen molar-refractivity contribution < 1.29 is 13.2 Å². The van der Waals surface area contributed by atoms with Crippen LogP contribution in [0.25, 0.3) is 0 Å². The number of thioether (sulfide) groups is 1. The van der Waals surface area contributed by atoms with E-state index in [0.29, 0.717) is 33.6 Å². The van der Waals surface area contributed by atoms with Gasteiger partial charge in [0.15, 0.2) is 9.84 Å². The highest BCUT2D eigenvalue weighted by atomic mass is 79.9. The average molecular weight is 393 g/mol. The van der Waals surface area contributed by atoms with Crippen molar-refractivity contribution >= 4 is 49.1 Å². The van der Waals surface area contributed by atoms with E-state index in [2.05, 4.69) is 15.9 Å². The highest BCUT2D eigenvalue weighted by Gasteiger charge is 2.35. The first-order valence-corrected chi connectivity index (χ1v) is 10.2. The van der Waals surface area contributed by atoms with Gasteiger partial charge in [0.05, 0.1) is 0 Å². The first-order chi connectivity index (χ1) is 9.71. The molecule has 1 fully saturated rings. The molecular weight excluding hydrogens is 376 g/mol. The number of benzene rings is 1. The van der Waals surface area contributed by atoms with Gasteiger partial charge in [0.25, 0.3) is 5.91 Å². The number of nitrogens with two attached hydrogens (primary N) is 1. The number of nitrogens with zero attached hydrogens (tertiary/aromatic N) is 1. The number of hydrogen-bond donors (Lipinski definition) is 1. The molecule has 1 saturated heterocycles. The van der Waals surface area contributed by atoms with Crippen LogP contribution in [0.5, 0.6) is 0 Å². The molecule has 21 heavy (non-hydrogen) atoms. The lowest BCUT2D eigenvalue weighted by Crippen LogP contribution is -2.50. The average Bonchev–Trinajstić information content (AvgIpc) is 2.41. The van der Waals surface area contributed by atoms with Crippen molar-refractivity contribution in [1.82, 2.24) is 4.90 Å². The third-order valence-corrected chi connectivity index (χ3v) is 6.58. The van der Waals surface area contributed by atoms with E-state index < -0.39 is 15.2 Å². The normalized spacial score (nSPS) is 19.6. The second-order valence-corrected chi connectivity index (χ2v) is 9.29. The Morgan fingerprint density at radius 2 is 2.14 bits per heavy atom. The van der Waals surface area contributed by atoms with E-state index in [1.165, 1.54) is 11.2 Å². The van der Waals surface area contributed by atoms with Gasteiger partial charge in [-0.25, -0.2) is 8.42 Å². The number of carbonyl (C=O) groups is 1. The maximum absolute atomic E-state index is 12.8. The Bertz CT molecular complexity index is 676. The molecule has 116 valence electrons. The van der Waals surface area contributed by atoms with Crippen molar-refractivity contribution in [1.29, 1.82) is 0 Å². The van der Waals surface area contributed by atoms with Gasteiger partial charge >= 0.3 is 0 Å². The Morgan fingerprint density at radius 1 is 1.48 bits per heavy atom. The van der Waals surface area contributed by atoms with Crippen LogP contribution in [0.3, 0.4) is 0 Å². The topological polar surface area (TPSA) is 80.5 Å². The van der Waals surface area contributed by atoms with E-state index in [1.807, 2.05) is 0 Å². The van der Waals surface area contributed by atoms with Crippen LogP contribution in [0.15, 0.2) is 16.6 Å². The number of rotatable bonds is 2. The predicted molar refractivity (Wildman–Crippen MR) is 90.3 cm³/mol. The van der Waals surface area contributed by atoms with Gasteiger partial charge in [0.1, 0.15) is 5.37 Å². The molecule has 0 bridgehead atoms. The molecule has 1 aromatic carbocycles. The number of halogens is 1. The van der Waals surface area contributed by atoms with Gasteiger partial charge in [0.2, 0.25) is 0 Å². The summed E-state index contributed by atoms with van der Waals surface area (Å²) >= 11 is 4.87. The van der Waals surface area contributed by atoms with Gasteiger partial charge in [-0.05, 0) is 24.6 Å². The molecule has 1 heterocycles. The van der Waals surface area contributed by atoms with Crippen LogP contribution in [0.1, 0.15) is 15.9 Å². The van der Waals surface area contributed by atoms with Crippen molar-refractivity contribution in [2.24, 2.45) is 0 Å². The zero-order valence-corrected chi connectivity index (χ0v) is 15.0. The first kappa shape index (κ1) is 16.6. The fourth-order valence-electron chi connectivity index (χ4n) is 2.25. The summed E-state index contributed by atoms with van der Waals surface area (Å²) < 4.78 is 24.5. The lowest BCUT2D eigenvalue weighted by atomic mass is 10.1. The summed E-state index contributed by atoms with van der Waals surface area (Å²) in [6.07, 6.45) is 1.17. The minimum Gasteiger partial charge on any atom is -0.398 e. The van der Waals surface area contributed by atoms with E-state index >= 15 is 0 Å². The number of hydrogen-bond acceptors (Lipinski definition) is 5. The molecule has 0 aliphatic carbocycles. The fourth-order valence-corrected chi connectivity index (χ4v) is 5.54. The van der Waals surface area contributed by atoms with Crippen molar-refractivity contribution in [2.45, 2.75) is 12.3 Å². The minimum absolute atomic E-state index is 0.281. The van der Waals surface area contributed by atoms with Crippen LogP contribution in [0, 0.1) is 6.92 Å². The van der Waals surface area contributed by atoms with Crippen molar-refractivity contribution in [2.75, 3.05) is 30.0 Å². The molecule has 1 aliphatic heterocycles. The molecule has 0 saturated carbocycles.